The van der Waals surface area contributed by atoms with Crippen LogP contribution in [-0.2, 0) is 6.54 Å². The number of hydrogen-bond donors (Lipinski definition) is 1. The summed E-state index contributed by atoms with van der Waals surface area (Å²) in [5.41, 5.74) is 1.50. The smallest absolute Gasteiger partial charge is 0.141 e. The molecule has 0 bridgehead atoms. The summed E-state index contributed by atoms with van der Waals surface area (Å²) < 4.78 is 31.7. The van der Waals surface area contributed by atoms with Gasteiger partial charge in [0.25, 0.3) is 0 Å². The third-order valence-corrected chi connectivity index (χ3v) is 3.47. The first kappa shape index (κ1) is 14.6. The summed E-state index contributed by atoms with van der Waals surface area (Å²) in [5, 5.41) is 3.16. The van der Waals surface area contributed by atoms with Gasteiger partial charge < -0.3 is 9.73 Å². The van der Waals surface area contributed by atoms with Crippen molar-refractivity contribution in [2.75, 3.05) is 5.32 Å². The first-order valence-corrected chi connectivity index (χ1v) is 7.03. The van der Waals surface area contributed by atoms with Gasteiger partial charge in [-0.05, 0) is 54.6 Å². The molecule has 0 atom stereocenters. The predicted molar refractivity (Wildman–Crippen MR) is 82.8 cm³/mol. The molecule has 1 heterocycles. The molecule has 0 fully saturated rings. The maximum absolute atomic E-state index is 13.1. The Hall–Kier alpha value is -2.33. The van der Waals surface area contributed by atoms with E-state index in [4.69, 9.17) is 16.0 Å². The summed E-state index contributed by atoms with van der Waals surface area (Å²) in [6, 6.07) is 14.2. The van der Waals surface area contributed by atoms with E-state index in [9.17, 15) is 8.78 Å². The molecule has 0 unspecified atom stereocenters. The topological polar surface area (TPSA) is 25.2 Å². The summed E-state index contributed by atoms with van der Waals surface area (Å²) in [4.78, 5) is 0. The van der Waals surface area contributed by atoms with E-state index in [2.05, 4.69) is 5.32 Å². The Morgan fingerprint density at radius 1 is 0.955 bits per heavy atom. The molecular formula is C17H12ClF2NO. The van der Waals surface area contributed by atoms with Gasteiger partial charge in [-0.1, -0.05) is 11.6 Å². The van der Waals surface area contributed by atoms with E-state index < -0.39 is 5.82 Å². The van der Waals surface area contributed by atoms with Crippen LogP contribution in [0.5, 0.6) is 0 Å². The van der Waals surface area contributed by atoms with Crippen LogP contribution in [0.25, 0.3) is 11.3 Å². The molecule has 0 saturated heterocycles. The molecule has 22 heavy (non-hydrogen) atoms. The Morgan fingerprint density at radius 2 is 1.73 bits per heavy atom. The van der Waals surface area contributed by atoms with Crippen molar-refractivity contribution in [3.8, 4) is 11.3 Å². The predicted octanol–water partition coefficient (Wildman–Crippen LogP) is 5.49. The molecule has 3 rings (SSSR count). The van der Waals surface area contributed by atoms with E-state index in [1.54, 1.807) is 18.2 Å². The van der Waals surface area contributed by atoms with E-state index in [1.165, 1.54) is 24.3 Å². The van der Waals surface area contributed by atoms with Gasteiger partial charge >= 0.3 is 0 Å². The quantitative estimate of drug-likeness (QED) is 0.688. The molecule has 3 aromatic rings. The minimum Gasteiger partial charge on any atom is -0.459 e. The van der Waals surface area contributed by atoms with Gasteiger partial charge in [-0.25, -0.2) is 8.78 Å². The van der Waals surface area contributed by atoms with Crippen molar-refractivity contribution >= 4 is 17.3 Å². The highest BCUT2D eigenvalue weighted by atomic mass is 35.5. The number of nitrogens with one attached hydrogen (secondary N) is 1. The summed E-state index contributed by atoms with van der Waals surface area (Å²) >= 11 is 5.72. The summed E-state index contributed by atoms with van der Waals surface area (Å²) in [6.07, 6.45) is 0. The van der Waals surface area contributed by atoms with Crippen LogP contribution in [0.2, 0.25) is 5.02 Å². The van der Waals surface area contributed by atoms with E-state index in [-0.39, 0.29) is 10.8 Å². The van der Waals surface area contributed by atoms with Crippen LogP contribution in [0, 0.1) is 11.6 Å². The van der Waals surface area contributed by atoms with Crippen molar-refractivity contribution in [3.05, 3.63) is 77.0 Å². The molecular weight excluding hydrogens is 308 g/mol. The lowest BCUT2D eigenvalue weighted by Gasteiger charge is -2.05. The number of furan rings is 1. The van der Waals surface area contributed by atoms with Gasteiger partial charge in [-0.15, -0.1) is 0 Å². The lowest BCUT2D eigenvalue weighted by molar-refractivity contribution is 0.531. The SMILES string of the molecule is Fc1ccc(-c2ccc(CNc3ccc(F)c(Cl)c3)o2)cc1. The van der Waals surface area contributed by atoms with E-state index >= 15 is 0 Å². The second-order valence-electron chi connectivity index (χ2n) is 4.76. The molecule has 112 valence electrons. The van der Waals surface area contributed by atoms with E-state index in [0.717, 1.165) is 5.56 Å². The van der Waals surface area contributed by atoms with Crippen molar-refractivity contribution in [2.24, 2.45) is 0 Å². The number of halogens is 3. The fourth-order valence-corrected chi connectivity index (χ4v) is 2.22. The average Bonchev–Trinajstić information content (AvgIpc) is 2.98. The Balaban J connectivity index is 1.69. The molecule has 0 spiro atoms. The van der Waals surface area contributed by atoms with Gasteiger partial charge in [0.05, 0.1) is 11.6 Å². The number of benzene rings is 2. The molecule has 2 aromatic carbocycles. The maximum atomic E-state index is 13.1. The van der Waals surface area contributed by atoms with Crippen molar-refractivity contribution in [1.82, 2.24) is 0 Å². The first-order chi connectivity index (χ1) is 10.6. The molecule has 0 aliphatic heterocycles. The largest absolute Gasteiger partial charge is 0.459 e. The van der Waals surface area contributed by atoms with E-state index in [1.807, 2.05) is 12.1 Å². The molecule has 0 radical (unpaired) electrons. The summed E-state index contributed by atoms with van der Waals surface area (Å²) in [7, 11) is 0. The molecule has 0 amide bonds. The lowest BCUT2D eigenvalue weighted by atomic mass is 10.2. The fraction of sp³-hybridized carbons (Fsp3) is 0.0588. The zero-order valence-corrected chi connectivity index (χ0v) is 12.2. The number of rotatable bonds is 4. The molecule has 5 heteroatoms. The van der Waals surface area contributed by atoms with Gasteiger partial charge in [-0.3, -0.25) is 0 Å². The molecule has 1 N–H and O–H groups in total. The maximum Gasteiger partial charge on any atom is 0.141 e. The minimum atomic E-state index is -0.455. The minimum absolute atomic E-state index is 0.0662. The fourth-order valence-electron chi connectivity index (χ4n) is 2.04. The van der Waals surface area contributed by atoms with Crippen LogP contribution < -0.4 is 5.32 Å². The Labute approximate surface area is 131 Å². The number of anilines is 1. The van der Waals surface area contributed by atoms with Gasteiger partial charge in [0.2, 0.25) is 0 Å². The molecule has 0 aliphatic carbocycles. The first-order valence-electron chi connectivity index (χ1n) is 6.65. The van der Waals surface area contributed by atoms with Crippen LogP contribution in [0.1, 0.15) is 5.76 Å². The standard InChI is InChI=1S/C17H12ClF2NO/c18-15-9-13(5-7-16(15)20)21-10-14-6-8-17(22-14)11-1-3-12(19)4-2-11/h1-9,21H,10H2. The van der Waals surface area contributed by atoms with Gasteiger partial charge in [0, 0.05) is 11.3 Å². The highest BCUT2D eigenvalue weighted by Crippen LogP contribution is 2.24. The highest BCUT2D eigenvalue weighted by molar-refractivity contribution is 6.31. The molecule has 0 aliphatic rings. The van der Waals surface area contributed by atoms with Gasteiger partial charge in [-0.2, -0.15) is 0 Å². The van der Waals surface area contributed by atoms with Crippen LogP contribution in [0.3, 0.4) is 0 Å². The average molecular weight is 320 g/mol. The lowest BCUT2D eigenvalue weighted by Crippen LogP contribution is -1.98. The monoisotopic (exact) mass is 319 g/mol. The summed E-state index contributed by atoms with van der Waals surface area (Å²) in [5.74, 6) is 0.628. The Bertz CT molecular complexity index is 784. The van der Waals surface area contributed by atoms with E-state index in [0.29, 0.717) is 23.8 Å². The molecule has 0 saturated carbocycles. The van der Waals surface area contributed by atoms with Crippen LogP contribution >= 0.6 is 11.6 Å². The second-order valence-corrected chi connectivity index (χ2v) is 5.16. The van der Waals surface area contributed by atoms with Gasteiger partial charge in [0.1, 0.15) is 23.2 Å². The van der Waals surface area contributed by atoms with Crippen molar-refractivity contribution in [2.45, 2.75) is 6.54 Å². The Morgan fingerprint density at radius 3 is 2.45 bits per heavy atom. The third-order valence-electron chi connectivity index (χ3n) is 3.18. The van der Waals surface area contributed by atoms with Crippen LogP contribution in [0.15, 0.2) is 59.0 Å². The van der Waals surface area contributed by atoms with Crippen molar-refractivity contribution in [1.29, 1.82) is 0 Å². The molecule has 1 aromatic heterocycles. The number of hydrogen-bond acceptors (Lipinski definition) is 2. The van der Waals surface area contributed by atoms with Crippen LogP contribution in [-0.4, -0.2) is 0 Å². The summed E-state index contributed by atoms with van der Waals surface area (Å²) in [6.45, 7) is 0.434. The zero-order chi connectivity index (χ0) is 15.5. The zero-order valence-electron chi connectivity index (χ0n) is 11.4. The van der Waals surface area contributed by atoms with Crippen molar-refractivity contribution < 1.29 is 13.2 Å². The van der Waals surface area contributed by atoms with Crippen molar-refractivity contribution in [3.63, 3.8) is 0 Å². The molecule has 2 nitrogen and oxygen atoms in total. The van der Waals surface area contributed by atoms with Crippen LogP contribution in [0.4, 0.5) is 14.5 Å². The highest BCUT2D eigenvalue weighted by Gasteiger charge is 2.06. The third kappa shape index (κ3) is 3.28. The van der Waals surface area contributed by atoms with Gasteiger partial charge in [0.15, 0.2) is 0 Å². The Kier molecular flexibility index (Phi) is 4.11. The second kappa shape index (κ2) is 6.20. The normalized spacial score (nSPS) is 10.7.